The van der Waals surface area contributed by atoms with Crippen LogP contribution in [0.25, 0.3) is 0 Å². The zero-order valence-corrected chi connectivity index (χ0v) is 9.60. The highest BCUT2D eigenvalue weighted by molar-refractivity contribution is 6.04. The summed E-state index contributed by atoms with van der Waals surface area (Å²) >= 11 is 0. The average Bonchev–Trinajstić information content (AvgIpc) is 2.39. The molecule has 18 heavy (non-hydrogen) atoms. The van der Waals surface area contributed by atoms with Crippen molar-refractivity contribution in [3.05, 3.63) is 65.5 Å². The van der Waals surface area contributed by atoms with Gasteiger partial charge in [0.05, 0.1) is 11.5 Å². The molecule has 3 rings (SSSR count). The van der Waals surface area contributed by atoms with Crippen LogP contribution in [0.15, 0.2) is 48.5 Å². The lowest BCUT2D eigenvalue weighted by Crippen LogP contribution is -2.26. The van der Waals surface area contributed by atoms with E-state index in [1.165, 1.54) is 12.1 Å². The molecule has 3 heteroatoms. The molecule has 1 unspecified atom stereocenters. The van der Waals surface area contributed by atoms with E-state index in [-0.39, 0.29) is 18.2 Å². The number of benzene rings is 2. The Morgan fingerprint density at radius 3 is 2.78 bits per heavy atom. The van der Waals surface area contributed by atoms with Crippen LogP contribution in [0.3, 0.4) is 0 Å². The molecule has 0 N–H and O–H groups in total. The van der Waals surface area contributed by atoms with E-state index < -0.39 is 5.92 Å². The van der Waals surface area contributed by atoms with Crippen LogP contribution in [0.5, 0.6) is 5.75 Å². The molecule has 90 valence electrons. The van der Waals surface area contributed by atoms with Gasteiger partial charge >= 0.3 is 0 Å². The number of carbonyl (C=O) groups is 1. The highest BCUT2D eigenvalue weighted by atomic mass is 19.1. The van der Waals surface area contributed by atoms with Gasteiger partial charge in [-0.15, -0.1) is 0 Å². The largest absolute Gasteiger partial charge is 0.492 e. The first-order valence-electron chi connectivity index (χ1n) is 5.77. The Kier molecular flexibility index (Phi) is 2.59. The molecule has 2 aromatic carbocycles. The van der Waals surface area contributed by atoms with E-state index in [4.69, 9.17) is 4.74 Å². The molecule has 2 nitrogen and oxygen atoms in total. The number of rotatable bonds is 1. The summed E-state index contributed by atoms with van der Waals surface area (Å²) in [5.41, 5.74) is 1.23. The van der Waals surface area contributed by atoms with Gasteiger partial charge in [-0.2, -0.15) is 0 Å². The van der Waals surface area contributed by atoms with Crippen LogP contribution in [0.2, 0.25) is 0 Å². The molecule has 1 aliphatic rings. The Bertz CT molecular complexity index is 607. The summed E-state index contributed by atoms with van der Waals surface area (Å²) in [7, 11) is 0. The van der Waals surface area contributed by atoms with E-state index >= 15 is 0 Å². The molecular formula is C15H11FO2. The zero-order valence-electron chi connectivity index (χ0n) is 9.60. The molecule has 1 atom stereocenters. The van der Waals surface area contributed by atoms with Gasteiger partial charge in [-0.25, -0.2) is 4.39 Å². The topological polar surface area (TPSA) is 26.3 Å². The highest BCUT2D eigenvalue weighted by Crippen LogP contribution is 2.32. The van der Waals surface area contributed by atoms with Gasteiger partial charge in [-0.3, -0.25) is 4.79 Å². The fraction of sp³-hybridized carbons (Fsp3) is 0.133. The van der Waals surface area contributed by atoms with E-state index in [9.17, 15) is 9.18 Å². The minimum absolute atomic E-state index is 0.0116. The summed E-state index contributed by atoms with van der Waals surface area (Å²) in [6, 6.07) is 13.3. The summed E-state index contributed by atoms with van der Waals surface area (Å²) in [6.45, 7) is 0.263. The van der Waals surface area contributed by atoms with Crippen molar-refractivity contribution in [3.63, 3.8) is 0 Å². The fourth-order valence-electron chi connectivity index (χ4n) is 2.20. The maximum atomic E-state index is 13.2. The lowest BCUT2D eigenvalue weighted by atomic mass is 9.89. The minimum Gasteiger partial charge on any atom is -0.492 e. The third kappa shape index (κ3) is 1.78. The highest BCUT2D eigenvalue weighted by Gasteiger charge is 2.29. The Balaban J connectivity index is 2.00. The van der Waals surface area contributed by atoms with Gasteiger partial charge < -0.3 is 4.74 Å². The van der Waals surface area contributed by atoms with E-state index in [0.717, 1.165) is 0 Å². The number of ketones is 1. The van der Waals surface area contributed by atoms with Crippen molar-refractivity contribution in [2.24, 2.45) is 0 Å². The van der Waals surface area contributed by atoms with Crippen molar-refractivity contribution >= 4 is 5.78 Å². The summed E-state index contributed by atoms with van der Waals surface area (Å²) < 4.78 is 18.8. The molecule has 0 aromatic heterocycles. The molecule has 2 aromatic rings. The Morgan fingerprint density at radius 2 is 1.94 bits per heavy atom. The number of halogens is 1. The predicted octanol–water partition coefficient (Wildman–Crippen LogP) is 3.18. The molecule has 1 heterocycles. The van der Waals surface area contributed by atoms with Crippen molar-refractivity contribution < 1.29 is 13.9 Å². The smallest absolute Gasteiger partial charge is 0.177 e. The number of Topliss-reactive ketones (excluding diaryl/α,β-unsaturated/α-hetero) is 1. The van der Waals surface area contributed by atoms with Crippen molar-refractivity contribution in [3.8, 4) is 5.75 Å². The number of hydrogen-bond acceptors (Lipinski definition) is 2. The van der Waals surface area contributed by atoms with E-state index in [1.54, 1.807) is 30.3 Å². The molecule has 0 bridgehead atoms. The monoisotopic (exact) mass is 242 g/mol. The number of carbonyl (C=O) groups excluding carboxylic acids is 1. The number of ether oxygens (including phenoxy) is 1. The van der Waals surface area contributed by atoms with Gasteiger partial charge in [0.25, 0.3) is 0 Å². The first kappa shape index (κ1) is 11.0. The van der Waals surface area contributed by atoms with Crippen molar-refractivity contribution in [1.29, 1.82) is 0 Å². The second-order valence-electron chi connectivity index (χ2n) is 4.28. The lowest BCUT2D eigenvalue weighted by molar-refractivity contribution is 0.0896. The molecule has 0 saturated carbocycles. The third-order valence-corrected chi connectivity index (χ3v) is 3.13. The summed E-state index contributed by atoms with van der Waals surface area (Å²) in [5, 5.41) is 0. The first-order valence-corrected chi connectivity index (χ1v) is 5.77. The van der Waals surface area contributed by atoms with Gasteiger partial charge in [-0.05, 0) is 29.8 Å². The van der Waals surface area contributed by atoms with Crippen molar-refractivity contribution in [2.45, 2.75) is 5.92 Å². The zero-order chi connectivity index (χ0) is 12.5. The van der Waals surface area contributed by atoms with Crippen LogP contribution < -0.4 is 4.74 Å². The van der Waals surface area contributed by atoms with E-state index in [2.05, 4.69) is 0 Å². The number of fused-ring (bicyclic) bond motifs is 1. The SMILES string of the molecule is O=C1c2ccccc2OCC1c1cccc(F)c1. The number of hydrogen-bond donors (Lipinski definition) is 0. The van der Waals surface area contributed by atoms with Crippen LogP contribution in [0.1, 0.15) is 21.8 Å². The maximum absolute atomic E-state index is 13.2. The summed E-state index contributed by atoms with van der Waals surface area (Å²) in [5.74, 6) is -0.160. The van der Waals surface area contributed by atoms with Crippen LogP contribution >= 0.6 is 0 Å². The molecule has 0 aliphatic carbocycles. The van der Waals surface area contributed by atoms with E-state index in [0.29, 0.717) is 16.9 Å². The Hall–Kier alpha value is -2.16. The van der Waals surface area contributed by atoms with E-state index in [1.807, 2.05) is 6.07 Å². The Labute approximate surface area is 104 Å². The van der Waals surface area contributed by atoms with Crippen LogP contribution in [0.4, 0.5) is 4.39 Å². The van der Waals surface area contributed by atoms with Crippen LogP contribution in [0, 0.1) is 5.82 Å². The molecule has 1 aliphatic heterocycles. The summed E-state index contributed by atoms with van der Waals surface area (Å²) in [4.78, 5) is 12.3. The average molecular weight is 242 g/mol. The molecule has 0 fully saturated rings. The van der Waals surface area contributed by atoms with Crippen LogP contribution in [-0.4, -0.2) is 12.4 Å². The van der Waals surface area contributed by atoms with Gasteiger partial charge in [0, 0.05) is 0 Å². The van der Waals surface area contributed by atoms with Gasteiger partial charge in [0.1, 0.15) is 18.2 Å². The minimum atomic E-state index is -0.421. The second kappa shape index (κ2) is 4.26. The molecule has 0 spiro atoms. The second-order valence-corrected chi connectivity index (χ2v) is 4.28. The molecule has 0 radical (unpaired) electrons. The van der Waals surface area contributed by atoms with Crippen molar-refractivity contribution in [2.75, 3.05) is 6.61 Å². The quantitative estimate of drug-likeness (QED) is 0.767. The fourth-order valence-corrected chi connectivity index (χ4v) is 2.20. The lowest BCUT2D eigenvalue weighted by Gasteiger charge is -2.24. The molecular weight excluding hydrogens is 231 g/mol. The normalized spacial score (nSPS) is 18.1. The van der Waals surface area contributed by atoms with Gasteiger partial charge in [0.2, 0.25) is 0 Å². The molecule has 0 saturated heterocycles. The standard InChI is InChI=1S/C15H11FO2/c16-11-5-3-4-10(8-11)13-9-18-14-7-2-1-6-12(14)15(13)17/h1-8,13H,9H2. The van der Waals surface area contributed by atoms with Crippen LogP contribution in [-0.2, 0) is 0 Å². The number of para-hydroxylation sites is 1. The van der Waals surface area contributed by atoms with Gasteiger partial charge in [0.15, 0.2) is 5.78 Å². The third-order valence-electron chi connectivity index (χ3n) is 3.13. The molecule has 0 amide bonds. The van der Waals surface area contributed by atoms with Crippen molar-refractivity contribution in [1.82, 2.24) is 0 Å². The predicted molar refractivity (Wildman–Crippen MR) is 65.4 cm³/mol. The first-order chi connectivity index (χ1) is 8.75. The summed E-state index contributed by atoms with van der Waals surface area (Å²) in [6.07, 6.45) is 0. The van der Waals surface area contributed by atoms with Gasteiger partial charge in [-0.1, -0.05) is 24.3 Å². The Morgan fingerprint density at radius 1 is 1.11 bits per heavy atom. The maximum Gasteiger partial charge on any atom is 0.177 e.